The van der Waals surface area contributed by atoms with Crippen molar-refractivity contribution < 1.29 is 23.2 Å². The van der Waals surface area contributed by atoms with E-state index in [0.717, 1.165) is 9.95 Å². The molecule has 0 N–H and O–H groups in total. The molecule has 0 radical (unpaired) electrons. The summed E-state index contributed by atoms with van der Waals surface area (Å²) < 4.78 is 22.2. The number of esters is 1. The maximum atomic E-state index is 12.7. The Labute approximate surface area is 180 Å². The smallest absolute Gasteiger partial charge is 0.326 e. The quantitative estimate of drug-likeness (QED) is 0.373. The molecular weight excluding hydrogens is 416 g/mol. The van der Waals surface area contributed by atoms with E-state index in [-0.39, 0.29) is 30.4 Å². The first-order valence-corrected chi connectivity index (χ1v) is 9.61. The third-order valence-corrected chi connectivity index (χ3v) is 4.82. The van der Waals surface area contributed by atoms with Crippen LogP contribution in [0.1, 0.15) is 5.82 Å². The van der Waals surface area contributed by atoms with E-state index in [9.17, 15) is 9.59 Å². The summed E-state index contributed by atoms with van der Waals surface area (Å²) in [5, 5.41) is 4.54. The number of rotatable bonds is 6. The summed E-state index contributed by atoms with van der Waals surface area (Å²) in [4.78, 5) is 33.4. The topological polar surface area (TPSA) is 122 Å². The fraction of sp³-hybridized carbons (Fsp3) is 0.136. The lowest BCUT2D eigenvalue weighted by Gasteiger charge is -2.04. The molecule has 0 atom stereocenters. The largest absolute Gasteiger partial charge is 0.497 e. The summed E-state index contributed by atoms with van der Waals surface area (Å²) >= 11 is 0. The van der Waals surface area contributed by atoms with Crippen molar-refractivity contribution >= 4 is 28.0 Å². The van der Waals surface area contributed by atoms with E-state index in [0.29, 0.717) is 22.4 Å². The zero-order valence-electron chi connectivity index (χ0n) is 16.8. The predicted octanol–water partition coefficient (Wildman–Crippen LogP) is 2.94. The molecule has 2 aromatic carbocycles. The molecular formula is C22H16N4O6. The van der Waals surface area contributed by atoms with Crippen LogP contribution in [0.2, 0.25) is 0 Å². The van der Waals surface area contributed by atoms with Gasteiger partial charge < -0.3 is 18.4 Å². The van der Waals surface area contributed by atoms with Crippen LogP contribution >= 0.6 is 0 Å². The van der Waals surface area contributed by atoms with E-state index in [1.165, 1.54) is 6.33 Å². The van der Waals surface area contributed by atoms with Gasteiger partial charge in [0.2, 0.25) is 11.4 Å². The van der Waals surface area contributed by atoms with E-state index < -0.39 is 11.5 Å². The van der Waals surface area contributed by atoms with Crippen LogP contribution in [0.25, 0.3) is 33.5 Å². The molecule has 10 nitrogen and oxygen atoms in total. The Morgan fingerprint density at radius 3 is 2.75 bits per heavy atom. The standard InChI is InChI=1S/C22H16N4O6/c1-29-14-8-6-13(7-9-14)21-24-17(25-32-21)11-30-18(27)10-26-12-23-19-15-4-2-3-5-16(15)31-20(19)22(26)28/h2-9,12H,10-11H2,1H3. The zero-order valence-corrected chi connectivity index (χ0v) is 16.8. The lowest BCUT2D eigenvalue weighted by atomic mass is 10.2. The number of para-hydroxylation sites is 1. The van der Waals surface area contributed by atoms with Crippen LogP contribution in [0.15, 0.2) is 68.6 Å². The Kier molecular flexibility index (Phi) is 4.86. The van der Waals surface area contributed by atoms with E-state index >= 15 is 0 Å². The van der Waals surface area contributed by atoms with Crippen molar-refractivity contribution in [3.05, 3.63) is 71.0 Å². The Morgan fingerprint density at radius 1 is 1.12 bits per heavy atom. The van der Waals surface area contributed by atoms with E-state index in [1.54, 1.807) is 43.5 Å². The maximum Gasteiger partial charge on any atom is 0.326 e. The molecule has 0 spiro atoms. The molecule has 0 fully saturated rings. The summed E-state index contributed by atoms with van der Waals surface area (Å²) in [6.45, 7) is -0.532. The van der Waals surface area contributed by atoms with Gasteiger partial charge in [0.05, 0.1) is 13.4 Å². The molecule has 0 aliphatic rings. The second kappa shape index (κ2) is 7.99. The molecule has 0 bridgehead atoms. The van der Waals surface area contributed by atoms with Gasteiger partial charge in [0.25, 0.3) is 11.4 Å². The van der Waals surface area contributed by atoms with Crippen LogP contribution in [0, 0.1) is 0 Å². The van der Waals surface area contributed by atoms with Gasteiger partial charge >= 0.3 is 5.97 Å². The number of methoxy groups -OCH3 is 1. The Hall–Kier alpha value is -4.47. The molecule has 0 aliphatic heterocycles. The third kappa shape index (κ3) is 3.58. The van der Waals surface area contributed by atoms with Gasteiger partial charge in [0, 0.05) is 10.9 Å². The van der Waals surface area contributed by atoms with Crippen LogP contribution in [-0.4, -0.2) is 32.8 Å². The molecule has 0 aliphatic carbocycles. The van der Waals surface area contributed by atoms with Gasteiger partial charge in [-0.3, -0.25) is 14.2 Å². The van der Waals surface area contributed by atoms with Crippen LogP contribution in [0.3, 0.4) is 0 Å². The van der Waals surface area contributed by atoms with Gasteiger partial charge in [0.15, 0.2) is 6.61 Å². The maximum absolute atomic E-state index is 12.7. The fourth-order valence-electron chi connectivity index (χ4n) is 3.22. The van der Waals surface area contributed by atoms with Crippen LogP contribution in [-0.2, 0) is 22.7 Å². The van der Waals surface area contributed by atoms with Gasteiger partial charge in [-0.25, -0.2) is 4.98 Å². The summed E-state index contributed by atoms with van der Waals surface area (Å²) in [5.41, 5.74) is 1.33. The van der Waals surface area contributed by atoms with Crippen LogP contribution in [0.4, 0.5) is 0 Å². The van der Waals surface area contributed by atoms with Crippen LogP contribution < -0.4 is 10.3 Å². The number of carbonyl (C=O) groups excluding carboxylic acids is 1. The molecule has 3 aromatic heterocycles. The molecule has 0 saturated heterocycles. The lowest BCUT2D eigenvalue weighted by molar-refractivity contribution is -0.146. The first-order valence-electron chi connectivity index (χ1n) is 9.61. The Morgan fingerprint density at radius 2 is 1.94 bits per heavy atom. The van der Waals surface area contributed by atoms with Gasteiger partial charge in [-0.1, -0.05) is 17.3 Å². The van der Waals surface area contributed by atoms with Crippen molar-refractivity contribution in [3.63, 3.8) is 0 Å². The average molecular weight is 432 g/mol. The molecule has 0 unspecified atom stereocenters. The number of ether oxygens (including phenoxy) is 2. The number of benzene rings is 2. The highest BCUT2D eigenvalue weighted by Gasteiger charge is 2.16. The Bertz CT molecular complexity index is 1480. The summed E-state index contributed by atoms with van der Waals surface area (Å²) in [6, 6.07) is 14.3. The van der Waals surface area contributed by atoms with Crippen LogP contribution in [0.5, 0.6) is 5.75 Å². The first-order chi connectivity index (χ1) is 15.6. The SMILES string of the molecule is COc1ccc(-c2nc(COC(=O)Cn3cnc4c(oc5ccccc54)c3=O)no2)cc1. The normalized spacial score (nSPS) is 11.2. The van der Waals surface area contributed by atoms with Gasteiger partial charge in [-0.05, 0) is 36.4 Å². The highest BCUT2D eigenvalue weighted by molar-refractivity contribution is 6.01. The molecule has 10 heteroatoms. The van der Waals surface area contributed by atoms with E-state index in [1.807, 2.05) is 12.1 Å². The molecule has 5 aromatic rings. The number of carbonyl (C=O) groups is 1. The van der Waals surface area contributed by atoms with Gasteiger partial charge in [0.1, 0.15) is 23.4 Å². The Balaban J connectivity index is 1.26. The summed E-state index contributed by atoms with van der Waals surface area (Å²) in [7, 11) is 1.58. The average Bonchev–Trinajstić information content (AvgIpc) is 3.45. The number of furan rings is 1. The van der Waals surface area contributed by atoms with Gasteiger partial charge in [-0.15, -0.1) is 0 Å². The molecule has 0 saturated carbocycles. The number of fused-ring (bicyclic) bond motifs is 3. The molecule has 5 rings (SSSR count). The highest BCUT2D eigenvalue weighted by Crippen LogP contribution is 2.24. The monoisotopic (exact) mass is 432 g/mol. The minimum Gasteiger partial charge on any atom is -0.497 e. The third-order valence-electron chi connectivity index (χ3n) is 4.82. The van der Waals surface area contributed by atoms with E-state index in [4.69, 9.17) is 18.4 Å². The van der Waals surface area contributed by atoms with Crippen molar-refractivity contribution in [2.24, 2.45) is 0 Å². The summed E-state index contributed by atoms with van der Waals surface area (Å²) in [5.74, 6) is 0.532. The molecule has 3 heterocycles. The molecule has 32 heavy (non-hydrogen) atoms. The minimum absolute atomic E-state index is 0.0869. The van der Waals surface area contributed by atoms with Crippen molar-refractivity contribution in [2.45, 2.75) is 13.2 Å². The number of hydrogen-bond acceptors (Lipinski definition) is 9. The number of aromatic nitrogens is 4. The van der Waals surface area contributed by atoms with Crippen molar-refractivity contribution in [3.8, 4) is 17.2 Å². The van der Waals surface area contributed by atoms with E-state index in [2.05, 4.69) is 15.1 Å². The first kappa shape index (κ1) is 19.5. The lowest BCUT2D eigenvalue weighted by Crippen LogP contribution is -2.25. The van der Waals surface area contributed by atoms with Crippen molar-refractivity contribution in [1.29, 1.82) is 0 Å². The predicted molar refractivity (Wildman–Crippen MR) is 112 cm³/mol. The zero-order chi connectivity index (χ0) is 22.1. The fourth-order valence-corrected chi connectivity index (χ4v) is 3.22. The molecule has 0 amide bonds. The van der Waals surface area contributed by atoms with Crippen molar-refractivity contribution in [2.75, 3.05) is 7.11 Å². The second-order valence-electron chi connectivity index (χ2n) is 6.86. The minimum atomic E-state index is -0.653. The van der Waals surface area contributed by atoms with Crippen molar-refractivity contribution in [1.82, 2.24) is 19.7 Å². The second-order valence-corrected chi connectivity index (χ2v) is 6.86. The number of hydrogen-bond donors (Lipinski definition) is 0. The molecule has 160 valence electrons. The van der Waals surface area contributed by atoms with Gasteiger partial charge in [-0.2, -0.15) is 4.98 Å². The summed E-state index contributed by atoms with van der Waals surface area (Å²) in [6.07, 6.45) is 1.30. The number of nitrogens with zero attached hydrogens (tertiary/aromatic N) is 4. The highest BCUT2D eigenvalue weighted by atomic mass is 16.5.